The van der Waals surface area contributed by atoms with Gasteiger partial charge in [0.25, 0.3) is 5.91 Å². The molecule has 3 aromatic rings. The fourth-order valence-electron chi connectivity index (χ4n) is 3.74. The molecule has 4 rings (SSSR count). The summed E-state index contributed by atoms with van der Waals surface area (Å²) in [6.45, 7) is 0.229. The lowest BCUT2D eigenvalue weighted by molar-refractivity contribution is -0.135. The Kier molecular flexibility index (Phi) is 5.14. The van der Waals surface area contributed by atoms with Gasteiger partial charge in [0.1, 0.15) is 11.8 Å². The molecular weight excluding hydrogens is 386 g/mol. The second kappa shape index (κ2) is 7.90. The number of benzene rings is 2. The molecule has 8 heteroatoms. The number of amides is 3. The van der Waals surface area contributed by atoms with Crippen LogP contribution in [0.4, 0.5) is 0 Å². The number of ether oxygens (including phenoxy) is 1. The number of carbonyl (C=O) groups excluding carboxylic acids is 3. The van der Waals surface area contributed by atoms with Gasteiger partial charge in [0.15, 0.2) is 5.88 Å². The Morgan fingerprint density at radius 1 is 1.20 bits per heavy atom. The van der Waals surface area contributed by atoms with E-state index in [1.807, 2.05) is 6.07 Å². The van der Waals surface area contributed by atoms with Crippen molar-refractivity contribution in [3.05, 3.63) is 59.8 Å². The average molecular weight is 407 g/mol. The lowest BCUT2D eigenvalue weighted by Gasteiger charge is -2.22. The zero-order valence-corrected chi connectivity index (χ0v) is 16.3. The third-order valence-corrected chi connectivity index (χ3v) is 5.29. The highest BCUT2D eigenvalue weighted by Crippen LogP contribution is 2.34. The minimum absolute atomic E-state index is 0.0441. The van der Waals surface area contributed by atoms with Gasteiger partial charge in [-0.2, -0.15) is 0 Å². The summed E-state index contributed by atoms with van der Waals surface area (Å²) in [4.78, 5) is 36.2. The van der Waals surface area contributed by atoms with Crippen LogP contribution in [-0.4, -0.2) is 34.5 Å². The highest BCUT2D eigenvalue weighted by Gasteiger charge is 2.30. The third-order valence-electron chi connectivity index (χ3n) is 5.29. The van der Waals surface area contributed by atoms with Crippen LogP contribution in [0, 0.1) is 0 Å². The van der Waals surface area contributed by atoms with Crippen LogP contribution in [0.1, 0.15) is 34.8 Å². The van der Waals surface area contributed by atoms with E-state index >= 15 is 0 Å². The van der Waals surface area contributed by atoms with Gasteiger partial charge in [0.2, 0.25) is 11.8 Å². The Balaban J connectivity index is 1.60. The van der Waals surface area contributed by atoms with Crippen LogP contribution in [0.25, 0.3) is 10.8 Å². The fraction of sp³-hybridized carbons (Fsp3) is 0.227. The molecule has 0 bridgehead atoms. The van der Waals surface area contributed by atoms with Crippen molar-refractivity contribution in [3.63, 3.8) is 0 Å². The van der Waals surface area contributed by atoms with E-state index in [0.717, 1.165) is 10.9 Å². The number of nitrogens with one attached hydrogen (secondary N) is 2. The number of fused-ring (bicyclic) bond motifs is 1. The predicted octanol–water partition coefficient (Wildman–Crippen LogP) is 2.26. The minimum Gasteiger partial charge on any atom is -0.496 e. The van der Waals surface area contributed by atoms with E-state index in [1.165, 1.54) is 11.7 Å². The van der Waals surface area contributed by atoms with Crippen LogP contribution < -0.4 is 15.4 Å². The molecular formula is C22H21N3O5. The van der Waals surface area contributed by atoms with Crippen molar-refractivity contribution in [1.82, 2.24) is 15.2 Å². The van der Waals surface area contributed by atoms with Crippen LogP contribution >= 0.6 is 0 Å². The molecule has 1 fully saturated rings. The number of aromatic hydroxyl groups is 1. The molecule has 3 amide bonds. The maximum absolute atomic E-state index is 12.6. The summed E-state index contributed by atoms with van der Waals surface area (Å²) in [5, 5.41) is 17.1. The molecule has 1 unspecified atom stereocenters. The molecule has 30 heavy (non-hydrogen) atoms. The maximum atomic E-state index is 12.6. The van der Waals surface area contributed by atoms with Crippen molar-refractivity contribution in [2.24, 2.45) is 0 Å². The molecule has 1 saturated heterocycles. The first kappa shape index (κ1) is 19.5. The summed E-state index contributed by atoms with van der Waals surface area (Å²) in [5.74, 6) is -0.592. The molecule has 1 atom stereocenters. The summed E-state index contributed by atoms with van der Waals surface area (Å²) in [7, 11) is 1.51. The van der Waals surface area contributed by atoms with Crippen LogP contribution in [0.15, 0.2) is 48.7 Å². The van der Waals surface area contributed by atoms with Gasteiger partial charge in [-0.15, -0.1) is 0 Å². The van der Waals surface area contributed by atoms with E-state index in [9.17, 15) is 19.5 Å². The number of nitrogens with zero attached hydrogens (tertiary/aromatic N) is 1. The molecule has 154 valence electrons. The third kappa shape index (κ3) is 3.47. The smallest absolute Gasteiger partial charge is 0.255 e. The van der Waals surface area contributed by atoms with Gasteiger partial charge in [-0.3, -0.25) is 19.7 Å². The van der Waals surface area contributed by atoms with Gasteiger partial charge >= 0.3 is 0 Å². The molecule has 0 saturated carbocycles. The number of hydrogen-bond acceptors (Lipinski definition) is 5. The van der Waals surface area contributed by atoms with Crippen LogP contribution in [0.3, 0.4) is 0 Å². The second-order valence-corrected chi connectivity index (χ2v) is 7.09. The van der Waals surface area contributed by atoms with Gasteiger partial charge in [-0.25, -0.2) is 0 Å². The first-order valence-corrected chi connectivity index (χ1v) is 9.56. The van der Waals surface area contributed by atoms with Crippen LogP contribution in [0.5, 0.6) is 11.6 Å². The first-order valence-electron chi connectivity index (χ1n) is 9.56. The van der Waals surface area contributed by atoms with E-state index in [-0.39, 0.29) is 30.7 Å². The van der Waals surface area contributed by atoms with Gasteiger partial charge in [-0.1, -0.05) is 24.3 Å². The van der Waals surface area contributed by atoms with E-state index < -0.39 is 11.9 Å². The van der Waals surface area contributed by atoms with Crippen molar-refractivity contribution >= 4 is 28.5 Å². The number of rotatable bonds is 5. The predicted molar refractivity (Wildman–Crippen MR) is 109 cm³/mol. The zero-order valence-electron chi connectivity index (χ0n) is 16.3. The number of hydrogen-bond donors (Lipinski definition) is 3. The molecule has 0 aliphatic carbocycles. The van der Waals surface area contributed by atoms with Crippen molar-refractivity contribution in [2.45, 2.75) is 25.4 Å². The largest absolute Gasteiger partial charge is 0.496 e. The van der Waals surface area contributed by atoms with E-state index in [0.29, 0.717) is 23.1 Å². The number of imide groups is 1. The molecule has 0 spiro atoms. The Hall–Kier alpha value is -3.81. The number of methoxy groups -OCH3 is 1. The van der Waals surface area contributed by atoms with E-state index in [4.69, 9.17) is 4.74 Å². The van der Waals surface area contributed by atoms with Gasteiger partial charge < -0.3 is 19.7 Å². The molecule has 1 aromatic heterocycles. The highest BCUT2D eigenvalue weighted by atomic mass is 16.5. The van der Waals surface area contributed by atoms with Crippen molar-refractivity contribution in [2.75, 3.05) is 7.11 Å². The molecule has 8 nitrogen and oxygen atoms in total. The lowest BCUT2D eigenvalue weighted by atomic mass is 10.1. The van der Waals surface area contributed by atoms with Crippen LogP contribution in [0.2, 0.25) is 0 Å². The number of piperidine rings is 1. The molecule has 1 aliphatic heterocycles. The summed E-state index contributed by atoms with van der Waals surface area (Å²) in [6, 6.07) is 11.7. The van der Waals surface area contributed by atoms with Crippen molar-refractivity contribution in [3.8, 4) is 11.6 Å². The molecule has 1 aliphatic rings. The topological polar surface area (TPSA) is 110 Å². The average Bonchev–Trinajstić information content (AvgIpc) is 3.09. The quantitative estimate of drug-likeness (QED) is 0.562. The molecule has 3 N–H and O–H groups in total. The van der Waals surface area contributed by atoms with Crippen molar-refractivity contribution < 1.29 is 24.2 Å². The summed E-state index contributed by atoms with van der Waals surface area (Å²) in [6.07, 6.45) is 2.22. The molecule has 0 radical (unpaired) electrons. The molecule has 2 aromatic carbocycles. The lowest BCUT2D eigenvalue weighted by Crippen LogP contribution is -2.41. The number of aromatic nitrogens is 1. The zero-order chi connectivity index (χ0) is 21.3. The van der Waals surface area contributed by atoms with E-state index in [1.54, 1.807) is 42.6 Å². The van der Waals surface area contributed by atoms with Gasteiger partial charge in [0.05, 0.1) is 12.7 Å². The number of carbonyl (C=O) groups is 3. The summed E-state index contributed by atoms with van der Waals surface area (Å²) >= 11 is 0. The van der Waals surface area contributed by atoms with Gasteiger partial charge in [-0.05, 0) is 30.2 Å². The normalized spacial score (nSPS) is 16.4. The molecule has 2 heterocycles. The van der Waals surface area contributed by atoms with Crippen molar-refractivity contribution in [1.29, 1.82) is 0 Å². The number of para-hydroxylation sites is 1. The van der Waals surface area contributed by atoms with Crippen LogP contribution in [-0.2, 0) is 16.1 Å². The summed E-state index contributed by atoms with van der Waals surface area (Å²) in [5.41, 5.74) is 1.22. The Morgan fingerprint density at radius 2 is 2.00 bits per heavy atom. The highest BCUT2D eigenvalue weighted by molar-refractivity contribution is 6.00. The Labute approximate surface area is 172 Å². The first-order chi connectivity index (χ1) is 14.5. The maximum Gasteiger partial charge on any atom is 0.255 e. The Morgan fingerprint density at radius 3 is 2.77 bits per heavy atom. The van der Waals surface area contributed by atoms with Gasteiger partial charge in [0, 0.05) is 29.9 Å². The minimum atomic E-state index is -0.661. The Bertz CT molecular complexity index is 1150. The second-order valence-electron chi connectivity index (χ2n) is 7.09. The standard InChI is InChI=1S/C22H21N3O5/c1-30-18-8-3-2-6-15(18)20(27)23-11-13-5-4-7-14-16(13)12-25(22(14)29)17-9-10-19(26)24-21(17)28/h2-8,12,17,29H,9-11H2,1H3,(H,23,27)(H,24,26,28). The van der Waals surface area contributed by atoms with E-state index in [2.05, 4.69) is 10.6 Å². The summed E-state index contributed by atoms with van der Waals surface area (Å²) < 4.78 is 6.72. The fourth-order valence-corrected chi connectivity index (χ4v) is 3.74. The monoisotopic (exact) mass is 407 g/mol. The SMILES string of the molecule is COc1ccccc1C(=O)NCc1cccc2c(O)n(C3CCC(=O)NC3=O)cc12.